The summed E-state index contributed by atoms with van der Waals surface area (Å²) in [6.45, 7) is 1.79. The number of rotatable bonds is 28. The second-order valence-corrected chi connectivity index (χ2v) is 11.2. The second-order valence-electron chi connectivity index (χ2n) is 11.2. The number of unbranched alkanes of at least 4 members (excludes halogenated alkanes) is 6. The van der Waals surface area contributed by atoms with Gasteiger partial charge in [-0.25, -0.2) is 9.59 Å². The van der Waals surface area contributed by atoms with Crippen LogP contribution < -0.4 is 0 Å². The van der Waals surface area contributed by atoms with E-state index in [1.165, 1.54) is 24.3 Å². The summed E-state index contributed by atoms with van der Waals surface area (Å²) in [5.41, 5.74) is 0.167. The standard InChI is InChI=1S/2C14H26O6.C8H6O4/c2*15-9-3-5-11-19-13(17)7-1-2-8-14(18)20-12-6-4-10-16;9-7(10)5-1-2-6(4-3-5)8(11)12/h2*15-16H,1-12H2;1-4H,(H,9,10)(H,11,12). The molecule has 6 N–H and O–H groups in total. The number of carboxylic acid groups (broad SMARTS) is 2. The average Bonchev–Trinajstić information content (AvgIpc) is 3.13. The van der Waals surface area contributed by atoms with E-state index < -0.39 is 11.9 Å². The summed E-state index contributed by atoms with van der Waals surface area (Å²) in [5.74, 6) is -3.18. The monoisotopic (exact) mass is 746 g/mol. The molecule has 298 valence electrons. The number of aromatic carboxylic acids is 2. The van der Waals surface area contributed by atoms with E-state index in [1.54, 1.807) is 0 Å². The molecule has 0 aliphatic heterocycles. The number of aliphatic hydroxyl groups is 4. The Kier molecular flexibility index (Phi) is 35.2. The average molecular weight is 747 g/mol. The van der Waals surface area contributed by atoms with Crippen molar-refractivity contribution < 1.29 is 78.4 Å². The van der Waals surface area contributed by atoms with Gasteiger partial charge in [0.15, 0.2) is 0 Å². The third kappa shape index (κ3) is 34.3. The molecule has 0 saturated carbocycles. The Morgan fingerprint density at radius 1 is 0.365 bits per heavy atom. The van der Waals surface area contributed by atoms with Gasteiger partial charge in [0.2, 0.25) is 0 Å². The molecule has 1 aromatic carbocycles. The molecule has 0 spiro atoms. The van der Waals surface area contributed by atoms with Crippen LogP contribution in [0.25, 0.3) is 0 Å². The molecule has 0 aliphatic carbocycles. The van der Waals surface area contributed by atoms with E-state index >= 15 is 0 Å². The van der Waals surface area contributed by atoms with Gasteiger partial charge in [-0.1, -0.05) is 0 Å². The topological polar surface area (TPSA) is 261 Å². The molecule has 0 atom stereocenters. The number of esters is 4. The van der Waals surface area contributed by atoms with Crippen molar-refractivity contribution in [2.45, 2.75) is 103 Å². The number of carbonyl (C=O) groups is 6. The second kappa shape index (κ2) is 36.7. The zero-order valence-electron chi connectivity index (χ0n) is 30.0. The quantitative estimate of drug-likeness (QED) is 0.0408. The SMILES string of the molecule is O=C(CCCCC(=O)OCCCCO)OCCCCO.O=C(CCCCC(=O)OCCCCO)OCCCCO.O=C(O)c1ccc(C(=O)O)cc1. The Hall–Kier alpha value is -4.12. The predicted octanol–water partition coefficient (Wildman–Crippen LogP) is 3.44. The first-order valence-electron chi connectivity index (χ1n) is 17.6. The van der Waals surface area contributed by atoms with Crippen molar-refractivity contribution in [3.63, 3.8) is 0 Å². The van der Waals surface area contributed by atoms with Gasteiger partial charge in [-0.05, 0) is 101 Å². The molecular weight excluding hydrogens is 688 g/mol. The molecule has 16 nitrogen and oxygen atoms in total. The van der Waals surface area contributed by atoms with Crippen LogP contribution in [0.4, 0.5) is 0 Å². The molecule has 16 heteroatoms. The lowest BCUT2D eigenvalue weighted by Gasteiger charge is -2.05. The lowest BCUT2D eigenvalue weighted by atomic mass is 10.1. The summed E-state index contributed by atoms with van der Waals surface area (Å²) in [5, 5.41) is 51.1. The molecule has 0 saturated heterocycles. The molecule has 0 fully saturated rings. The highest BCUT2D eigenvalue weighted by Gasteiger charge is 2.08. The summed E-state index contributed by atoms with van der Waals surface area (Å²) in [6, 6.07) is 5.02. The largest absolute Gasteiger partial charge is 0.478 e. The maximum Gasteiger partial charge on any atom is 0.335 e. The Morgan fingerprint density at radius 3 is 0.750 bits per heavy atom. The van der Waals surface area contributed by atoms with Crippen LogP contribution in [-0.4, -0.2) is 119 Å². The first-order chi connectivity index (χ1) is 25.0. The highest BCUT2D eigenvalue weighted by atomic mass is 16.5. The van der Waals surface area contributed by atoms with Crippen molar-refractivity contribution in [3.8, 4) is 0 Å². The highest BCUT2D eigenvalue weighted by Crippen LogP contribution is 2.06. The van der Waals surface area contributed by atoms with Crippen LogP contribution in [0.3, 0.4) is 0 Å². The minimum atomic E-state index is -1.06. The van der Waals surface area contributed by atoms with E-state index in [1.807, 2.05) is 0 Å². The fourth-order valence-corrected chi connectivity index (χ4v) is 3.72. The summed E-state index contributed by atoms with van der Waals surface area (Å²) < 4.78 is 19.8. The van der Waals surface area contributed by atoms with Crippen molar-refractivity contribution in [2.24, 2.45) is 0 Å². The van der Waals surface area contributed by atoms with Gasteiger partial charge in [0.1, 0.15) is 0 Å². The summed E-state index contributed by atoms with van der Waals surface area (Å²) >= 11 is 0. The van der Waals surface area contributed by atoms with E-state index in [2.05, 4.69) is 0 Å². The molecule has 0 heterocycles. The van der Waals surface area contributed by atoms with E-state index in [0.29, 0.717) is 129 Å². The Bertz CT molecular complexity index is 953. The molecule has 0 bridgehead atoms. The van der Waals surface area contributed by atoms with Crippen molar-refractivity contribution in [1.82, 2.24) is 0 Å². The van der Waals surface area contributed by atoms with Crippen LogP contribution in [0.1, 0.15) is 123 Å². The van der Waals surface area contributed by atoms with Crippen LogP contribution in [0.15, 0.2) is 24.3 Å². The lowest BCUT2D eigenvalue weighted by molar-refractivity contribution is -0.146. The number of aliphatic hydroxyl groups excluding tert-OH is 4. The summed E-state index contributed by atoms with van der Waals surface area (Å²) in [4.78, 5) is 65.8. The van der Waals surface area contributed by atoms with Crippen LogP contribution in [-0.2, 0) is 38.1 Å². The fourth-order valence-electron chi connectivity index (χ4n) is 3.72. The van der Waals surface area contributed by atoms with Gasteiger partial charge in [-0.3, -0.25) is 19.2 Å². The van der Waals surface area contributed by atoms with Gasteiger partial charge in [-0.15, -0.1) is 0 Å². The van der Waals surface area contributed by atoms with Crippen molar-refractivity contribution in [3.05, 3.63) is 35.4 Å². The third-order valence-electron chi connectivity index (χ3n) is 6.66. The summed E-state index contributed by atoms with van der Waals surface area (Å²) in [6.07, 6.45) is 8.83. The molecule has 1 aromatic rings. The number of carbonyl (C=O) groups excluding carboxylic acids is 4. The molecule has 0 unspecified atom stereocenters. The van der Waals surface area contributed by atoms with Gasteiger partial charge in [-0.2, -0.15) is 0 Å². The molecule has 0 amide bonds. The minimum Gasteiger partial charge on any atom is -0.478 e. The molecule has 0 aromatic heterocycles. The minimum absolute atomic E-state index is 0.0833. The van der Waals surface area contributed by atoms with E-state index in [4.69, 9.17) is 49.6 Å². The van der Waals surface area contributed by atoms with Gasteiger partial charge in [0.05, 0.1) is 37.6 Å². The van der Waals surface area contributed by atoms with E-state index in [9.17, 15) is 28.8 Å². The first-order valence-corrected chi connectivity index (χ1v) is 17.6. The lowest BCUT2D eigenvalue weighted by Crippen LogP contribution is -2.08. The maximum absolute atomic E-state index is 11.3. The number of benzene rings is 1. The van der Waals surface area contributed by atoms with Crippen molar-refractivity contribution >= 4 is 35.8 Å². The normalized spacial score (nSPS) is 10.1. The Labute approximate surface area is 305 Å². The Morgan fingerprint density at radius 2 is 0.577 bits per heavy atom. The number of carboxylic acids is 2. The Balaban J connectivity index is 0. The molecule has 1 rings (SSSR count). The van der Waals surface area contributed by atoms with Gasteiger partial charge >= 0.3 is 35.8 Å². The van der Waals surface area contributed by atoms with Crippen LogP contribution in [0.5, 0.6) is 0 Å². The molecular formula is C36H58O16. The van der Waals surface area contributed by atoms with Gasteiger partial charge in [0.25, 0.3) is 0 Å². The highest BCUT2D eigenvalue weighted by molar-refractivity contribution is 5.91. The molecule has 0 aliphatic rings. The van der Waals surface area contributed by atoms with Crippen molar-refractivity contribution in [1.29, 1.82) is 0 Å². The fraction of sp³-hybridized carbons (Fsp3) is 0.667. The molecule has 52 heavy (non-hydrogen) atoms. The number of hydrogen-bond acceptors (Lipinski definition) is 14. The van der Waals surface area contributed by atoms with Crippen LogP contribution in [0.2, 0.25) is 0 Å². The predicted molar refractivity (Wildman–Crippen MR) is 186 cm³/mol. The van der Waals surface area contributed by atoms with E-state index in [0.717, 1.165) is 0 Å². The third-order valence-corrected chi connectivity index (χ3v) is 6.66. The van der Waals surface area contributed by atoms with Gasteiger partial charge in [0, 0.05) is 52.1 Å². The first kappa shape index (κ1) is 50.0. The zero-order chi connectivity index (χ0) is 39.2. The van der Waals surface area contributed by atoms with Crippen LogP contribution in [0, 0.1) is 0 Å². The number of ether oxygens (including phenoxy) is 4. The molecule has 0 radical (unpaired) electrons. The maximum atomic E-state index is 11.3. The smallest absolute Gasteiger partial charge is 0.335 e. The van der Waals surface area contributed by atoms with Crippen LogP contribution >= 0.6 is 0 Å². The van der Waals surface area contributed by atoms with Gasteiger partial charge < -0.3 is 49.6 Å². The number of hydrogen-bond donors (Lipinski definition) is 6. The van der Waals surface area contributed by atoms with E-state index in [-0.39, 0.29) is 61.4 Å². The van der Waals surface area contributed by atoms with Crippen molar-refractivity contribution in [2.75, 3.05) is 52.9 Å². The summed E-state index contributed by atoms with van der Waals surface area (Å²) in [7, 11) is 0. The zero-order valence-corrected chi connectivity index (χ0v) is 30.0.